The monoisotopic (exact) mass is 455 g/mol. The van der Waals surface area contributed by atoms with Gasteiger partial charge in [-0.05, 0) is 61.2 Å². The Labute approximate surface area is 196 Å². The number of benzene rings is 1. The average molecular weight is 456 g/mol. The number of imidazole rings is 1. The second kappa shape index (κ2) is 9.30. The first-order valence-corrected chi connectivity index (χ1v) is 11.3. The minimum absolute atomic E-state index is 0.0388. The van der Waals surface area contributed by atoms with E-state index in [0.717, 1.165) is 37.9 Å². The fourth-order valence-corrected chi connectivity index (χ4v) is 4.18. The van der Waals surface area contributed by atoms with E-state index in [4.69, 9.17) is 5.73 Å². The van der Waals surface area contributed by atoms with Crippen LogP contribution in [0.25, 0.3) is 11.2 Å². The standard InChI is InChI=1S/C25H25N7O2/c26-20-6-4-5-18(13-20)23(33)30-25-29-21-14-19(24(34)31-11-2-1-3-12-31)15-28-22(21)32(25)16-17-7-9-27-10-8-17/h4-10,13-15H,1-3,11-12,16,26H2,(H,29,30,33). The summed E-state index contributed by atoms with van der Waals surface area (Å²) in [6, 6.07) is 12.3. The summed E-state index contributed by atoms with van der Waals surface area (Å²) in [6.07, 6.45) is 8.19. The van der Waals surface area contributed by atoms with Gasteiger partial charge in [-0.3, -0.25) is 24.5 Å². The first-order chi connectivity index (χ1) is 16.6. The van der Waals surface area contributed by atoms with Crippen LogP contribution in [0.15, 0.2) is 61.1 Å². The fraction of sp³-hybridized carbons (Fsp3) is 0.240. The van der Waals surface area contributed by atoms with Gasteiger partial charge >= 0.3 is 0 Å². The summed E-state index contributed by atoms with van der Waals surface area (Å²) in [4.78, 5) is 41.0. The number of fused-ring (bicyclic) bond motifs is 1. The summed E-state index contributed by atoms with van der Waals surface area (Å²) in [5.74, 6) is -0.0272. The number of nitrogens with one attached hydrogen (secondary N) is 1. The predicted octanol–water partition coefficient (Wildman–Crippen LogP) is 3.34. The van der Waals surface area contributed by atoms with Crippen molar-refractivity contribution in [1.29, 1.82) is 0 Å². The Morgan fingerprint density at radius 2 is 1.79 bits per heavy atom. The third-order valence-corrected chi connectivity index (χ3v) is 5.94. The minimum Gasteiger partial charge on any atom is -0.399 e. The van der Waals surface area contributed by atoms with Crippen LogP contribution in [-0.4, -0.2) is 49.3 Å². The van der Waals surface area contributed by atoms with Crippen molar-refractivity contribution >= 4 is 34.6 Å². The Kier molecular flexibility index (Phi) is 5.90. The fourth-order valence-electron chi connectivity index (χ4n) is 4.18. The topological polar surface area (TPSA) is 119 Å². The highest BCUT2D eigenvalue weighted by atomic mass is 16.2. The van der Waals surface area contributed by atoms with E-state index in [1.807, 2.05) is 21.6 Å². The van der Waals surface area contributed by atoms with E-state index in [1.54, 1.807) is 48.9 Å². The number of aromatic nitrogens is 4. The Balaban J connectivity index is 1.51. The molecule has 172 valence electrons. The number of hydrogen-bond acceptors (Lipinski definition) is 6. The highest BCUT2D eigenvalue weighted by molar-refractivity contribution is 6.04. The number of likely N-dealkylation sites (tertiary alicyclic amines) is 1. The number of hydrogen-bond donors (Lipinski definition) is 2. The lowest BCUT2D eigenvalue weighted by Crippen LogP contribution is -2.35. The van der Waals surface area contributed by atoms with Gasteiger partial charge < -0.3 is 10.6 Å². The molecule has 1 saturated heterocycles. The molecule has 4 aromatic rings. The van der Waals surface area contributed by atoms with Gasteiger partial charge in [-0.25, -0.2) is 9.97 Å². The maximum atomic E-state index is 13.0. The molecular formula is C25H25N7O2. The third-order valence-electron chi connectivity index (χ3n) is 5.94. The van der Waals surface area contributed by atoms with Crippen molar-refractivity contribution in [2.45, 2.75) is 25.8 Å². The van der Waals surface area contributed by atoms with Crippen LogP contribution in [0.4, 0.5) is 11.6 Å². The maximum Gasteiger partial charge on any atom is 0.258 e. The lowest BCUT2D eigenvalue weighted by molar-refractivity contribution is 0.0724. The van der Waals surface area contributed by atoms with Gasteiger partial charge in [0, 0.05) is 42.9 Å². The molecule has 5 rings (SSSR count). The summed E-state index contributed by atoms with van der Waals surface area (Å²) in [5, 5.41) is 2.88. The summed E-state index contributed by atoms with van der Waals surface area (Å²) in [5.41, 5.74) is 9.36. The Hall–Kier alpha value is -4.27. The summed E-state index contributed by atoms with van der Waals surface area (Å²) >= 11 is 0. The molecule has 0 spiro atoms. The average Bonchev–Trinajstić information content (AvgIpc) is 3.20. The molecule has 0 aliphatic carbocycles. The van der Waals surface area contributed by atoms with Crippen molar-refractivity contribution < 1.29 is 9.59 Å². The van der Waals surface area contributed by atoms with Gasteiger partial charge in [0.05, 0.1) is 12.1 Å². The van der Waals surface area contributed by atoms with Crippen molar-refractivity contribution in [3.63, 3.8) is 0 Å². The highest BCUT2D eigenvalue weighted by Crippen LogP contribution is 2.23. The van der Waals surface area contributed by atoms with Gasteiger partial charge in [-0.1, -0.05) is 6.07 Å². The molecule has 1 fully saturated rings. The van der Waals surface area contributed by atoms with Crippen molar-refractivity contribution in [2.24, 2.45) is 0 Å². The van der Waals surface area contributed by atoms with E-state index in [0.29, 0.717) is 40.5 Å². The van der Waals surface area contributed by atoms with Crippen LogP contribution >= 0.6 is 0 Å². The first-order valence-electron chi connectivity index (χ1n) is 11.3. The Bertz CT molecular complexity index is 1340. The Morgan fingerprint density at radius 3 is 2.56 bits per heavy atom. The normalized spacial score (nSPS) is 13.7. The molecule has 9 heteroatoms. The molecule has 1 aliphatic rings. The van der Waals surface area contributed by atoms with E-state index in [-0.39, 0.29) is 11.8 Å². The second-order valence-electron chi connectivity index (χ2n) is 8.38. The molecule has 2 amide bonds. The SMILES string of the molecule is Nc1cccc(C(=O)Nc2nc3cc(C(=O)N4CCCCC4)cnc3n2Cc2ccncc2)c1. The zero-order valence-electron chi connectivity index (χ0n) is 18.6. The molecular weight excluding hydrogens is 430 g/mol. The van der Waals surface area contributed by atoms with Crippen LogP contribution in [0.1, 0.15) is 45.5 Å². The number of carbonyl (C=O) groups excluding carboxylic acids is 2. The molecule has 0 radical (unpaired) electrons. The van der Waals surface area contributed by atoms with Gasteiger partial charge in [0.1, 0.15) is 5.52 Å². The number of rotatable bonds is 5. The minimum atomic E-state index is -0.330. The molecule has 0 atom stereocenters. The Morgan fingerprint density at radius 1 is 1.00 bits per heavy atom. The smallest absolute Gasteiger partial charge is 0.258 e. The molecule has 3 aromatic heterocycles. The van der Waals surface area contributed by atoms with E-state index >= 15 is 0 Å². The number of nitrogens with zero attached hydrogens (tertiary/aromatic N) is 5. The van der Waals surface area contributed by atoms with Crippen molar-refractivity contribution in [3.8, 4) is 0 Å². The van der Waals surface area contributed by atoms with Crippen molar-refractivity contribution in [1.82, 2.24) is 24.4 Å². The number of nitrogen functional groups attached to an aromatic ring is 1. The third kappa shape index (κ3) is 4.45. The number of pyridine rings is 2. The molecule has 1 aliphatic heterocycles. The molecule has 4 heterocycles. The molecule has 0 bridgehead atoms. The predicted molar refractivity (Wildman–Crippen MR) is 129 cm³/mol. The summed E-state index contributed by atoms with van der Waals surface area (Å²) in [6.45, 7) is 1.95. The first kappa shape index (κ1) is 21.6. The number of nitrogens with two attached hydrogens (primary N) is 1. The van der Waals surface area contributed by atoms with E-state index in [1.165, 1.54) is 0 Å². The van der Waals surface area contributed by atoms with Crippen LogP contribution < -0.4 is 11.1 Å². The van der Waals surface area contributed by atoms with Gasteiger partial charge in [-0.15, -0.1) is 0 Å². The molecule has 3 N–H and O–H groups in total. The molecule has 1 aromatic carbocycles. The van der Waals surface area contributed by atoms with Crippen molar-refractivity contribution in [2.75, 3.05) is 24.1 Å². The van der Waals surface area contributed by atoms with Crippen LogP contribution in [0.2, 0.25) is 0 Å². The zero-order valence-corrected chi connectivity index (χ0v) is 18.6. The van der Waals surface area contributed by atoms with E-state index in [2.05, 4.69) is 20.3 Å². The van der Waals surface area contributed by atoms with Gasteiger partial charge in [-0.2, -0.15) is 0 Å². The largest absolute Gasteiger partial charge is 0.399 e. The van der Waals surface area contributed by atoms with Crippen LogP contribution in [0.3, 0.4) is 0 Å². The lowest BCUT2D eigenvalue weighted by Gasteiger charge is -2.26. The summed E-state index contributed by atoms with van der Waals surface area (Å²) in [7, 11) is 0. The van der Waals surface area contributed by atoms with Crippen LogP contribution in [0.5, 0.6) is 0 Å². The van der Waals surface area contributed by atoms with Gasteiger partial charge in [0.25, 0.3) is 11.8 Å². The van der Waals surface area contributed by atoms with Gasteiger partial charge in [0.15, 0.2) is 5.65 Å². The maximum absolute atomic E-state index is 13.0. The van der Waals surface area contributed by atoms with Crippen LogP contribution in [0, 0.1) is 0 Å². The summed E-state index contributed by atoms with van der Waals surface area (Å²) < 4.78 is 1.82. The van der Waals surface area contributed by atoms with Crippen LogP contribution in [-0.2, 0) is 6.54 Å². The molecule has 0 saturated carbocycles. The van der Waals surface area contributed by atoms with E-state index < -0.39 is 0 Å². The quantitative estimate of drug-likeness (QED) is 0.446. The highest BCUT2D eigenvalue weighted by Gasteiger charge is 2.21. The molecule has 34 heavy (non-hydrogen) atoms. The number of amides is 2. The molecule has 9 nitrogen and oxygen atoms in total. The van der Waals surface area contributed by atoms with Gasteiger partial charge in [0.2, 0.25) is 5.95 Å². The van der Waals surface area contributed by atoms with Crippen molar-refractivity contribution in [3.05, 3.63) is 77.7 Å². The lowest BCUT2D eigenvalue weighted by atomic mass is 10.1. The van der Waals surface area contributed by atoms with E-state index in [9.17, 15) is 9.59 Å². The number of carbonyl (C=O) groups is 2. The number of piperidine rings is 1. The molecule has 0 unspecified atom stereocenters. The zero-order chi connectivity index (χ0) is 23.5. The second-order valence-corrected chi connectivity index (χ2v) is 8.38. The number of anilines is 2.